The summed E-state index contributed by atoms with van der Waals surface area (Å²) in [5, 5.41) is 0. The van der Waals surface area contributed by atoms with Crippen LogP contribution < -0.4 is 0 Å². The maximum atomic E-state index is 12.0. The Morgan fingerprint density at radius 2 is 1.78 bits per heavy atom. The molecule has 0 amide bonds. The maximum Gasteiger partial charge on any atom is 0.323 e. The predicted molar refractivity (Wildman–Crippen MR) is 67.8 cm³/mol. The normalized spacial score (nSPS) is 27.9. The third-order valence-electron chi connectivity index (χ3n) is 3.85. The lowest BCUT2D eigenvalue weighted by atomic mass is 9.80. The molecular formula is C14H20O4. The van der Waals surface area contributed by atoms with Gasteiger partial charge in [-0.05, 0) is 19.8 Å². The topological polar surface area (TPSA) is 52.6 Å². The standard InChI is InChI=1S/C14H20O4/c1-6-10-8-14(11(15)17-4,12(16)18-5)9-13(10,3)7-2/h6-7H,2,8-9H2,1,3-5H3/b10-6+. The molecule has 0 saturated heterocycles. The predicted octanol–water partition coefficient (Wildman–Crippen LogP) is 2.25. The Morgan fingerprint density at radius 1 is 1.28 bits per heavy atom. The van der Waals surface area contributed by atoms with Crippen molar-refractivity contribution < 1.29 is 19.1 Å². The Balaban J connectivity index is 3.30. The first-order valence-corrected chi connectivity index (χ1v) is 5.86. The summed E-state index contributed by atoms with van der Waals surface area (Å²) in [5.74, 6) is -1.08. The first-order chi connectivity index (χ1) is 8.40. The molecule has 0 bridgehead atoms. The first kappa shape index (κ1) is 14.5. The minimum atomic E-state index is -1.24. The van der Waals surface area contributed by atoms with E-state index in [1.54, 1.807) is 6.08 Å². The fourth-order valence-corrected chi connectivity index (χ4v) is 2.73. The van der Waals surface area contributed by atoms with Gasteiger partial charge in [0.05, 0.1) is 14.2 Å². The molecule has 4 heteroatoms. The lowest BCUT2D eigenvalue weighted by molar-refractivity contribution is -0.169. The molecule has 1 aliphatic rings. The second kappa shape index (κ2) is 4.96. The molecule has 0 aromatic heterocycles. The summed E-state index contributed by atoms with van der Waals surface area (Å²) >= 11 is 0. The van der Waals surface area contributed by atoms with E-state index in [9.17, 15) is 9.59 Å². The fourth-order valence-electron chi connectivity index (χ4n) is 2.73. The Kier molecular flexibility index (Phi) is 3.99. The number of carbonyl (C=O) groups is 2. The molecule has 0 aromatic carbocycles. The highest BCUT2D eigenvalue weighted by atomic mass is 16.5. The zero-order valence-corrected chi connectivity index (χ0v) is 11.4. The van der Waals surface area contributed by atoms with Gasteiger partial charge >= 0.3 is 11.9 Å². The SMILES string of the molecule is C=CC1(C)CC(C(=O)OC)(C(=O)OC)C/C1=C\C. The summed E-state index contributed by atoms with van der Waals surface area (Å²) < 4.78 is 9.58. The van der Waals surface area contributed by atoms with Crippen LogP contribution >= 0.6 is 0 Å². The highest BCUT2D eigenvalue weighted by Crippen LogP contribution is 2.54. The van der Waals surface area contributed by atoms with Crippen molar-refractivity contribution in [3.63, 3.8) is 0 Å². The molecule has 0 spiro atoms. The third-order valence-corrected chi connectivity index (χ3v) is 3.85. The van der Waals surface area contributed by atoms with Crippen LogP contribution in [-0.2, 0) is 19.1 Å². The Morgan fingerprint density at radius 3 is 2.06 bits per heavy atom. The number of allylic oxidation sites excluding steroid dienone is 3. The molecule has 1 aliphatic carbocycles. The zero-order chi connectivity index (χ0) is 14.0. The van der Waals surface area contributed by atoms with Crippen LogP contribution in [-0.4, -0.2) is 26.2 Å². The van der Waals surface area contributed by atoms with E-state index in [1.807, 2.05) is 19.9 Å². The van der Waals surface area contributed by atoms with Crippen LogP contribution in [0.1, 0.15) is 26.7 Å². The molecule has 1 rings (SSSR count). The minimum Gasteiger partial charge on any atom is -0.468 e. The van der Waals surface area contributed by atoms with Crippen molar-refractivity contribution in [3.05, 3.63) is 24.3 Å². The molecule has 0 N–H and O–H groups in total. The Bertz CT molecular complexity index is 392. The van der Waals surface area contributed by atoms with Crippen molar-refractivity contribution in [1.82, 2.24) is 0 Å². The van der Waals surface area contributed by atoms with Crippen LogP contribution in [0.25, 0.3) is 0 Å². The molecule has 1 unspecified atom stereocenters. The highest BCUT2D eigenvalue weighted by Gasteiger charge is 2.58. The number of methoxy groups -OCH3 is 2. The van der Waals surface area contributed by atoms with Gasteiger partial charge in [-0.15, -0.1) is 6.58 Å². The van der Waals surface area contributed by atoms with E-state index in [0.29, 0.717) is 12.8 Å². The summed E-state index contributed by atoms with van der Waals surface area (Å²) in [6, 6.07) is 0. The van der Waals surface area contributed by atoms with Crippen LogP contribution in [0, 0.1) is 10.8 Å². The number of hydrogen-bond acceptors (Lipinski definition) is 4. The van der Waals surface area contributed by atoms with Gasteiger partial charge in [-0.2, -0.15) is 0 Å². The molecule has 0 aliphatic heterocycles. The van der Waals surface area contributed by atoms with E-state index in [0.717, 1.165) is 5.57 Å². The molecular weight excluding hydrogens is 232 g/mol. The van der Waals surface area contributed by atoms with Crippen molar-refractivity contribution >= 4 is 11.9 Å². The van der Waals surface area contributed by atoms with E-state index in [-0.39, 0.29) is 5.41 Å². The van der Waals surface area contributed by atoms with Gasteiger partial charge in [0.2, 0.25) is 0 Å². The largest absolute Gasteiger partial charge is 0.468 e. The molecule has 100 valence electrons. The first-order valence-electron chi connectivity index (χ1n) is 5.86. The summed E-state index contributed by atoms with van der Waals surface area (Å²) in [6.45, 7) is 7.66. The zero-order valence-electron chi connectivity index (χ0n) is 11.4. The molecule has 4 nitrogen and oxygen atoms in total. The number of rotatable bonds is 3. The second-order valence-electron chi connectivity index (χ2n) is 4.85. The number of hydrogen-bond donors (Lipinski definition) is 0. The molecule has 18 heavy (non-hydrogen) atoms. The lowest BCUT2D eigenvalue weighted by Crippen LogP contribution is -2.39. The van der Waals surface area contributed by atoms with E-state index in [2.05, 4.69) is 6.58 Å². The van der Waals surface area contributed by atoms with Gasteiger partial charge in [0.15, 0.2) is 5.41 Å². The van der Waals surface area contributed by atoms with Gasteiger partial charge in [-0.1, -0.05) is 24.6 Å². The summed E-state index contributed by atoms with van der Waals surface area (Å²) in [4.78, 5) is 24.0. The Hall–Kier alpha value is -1.58. The van der Waals surface area contributed by atoms with Crippen LogP contribution in [0.4, 0.5) is 0 Å². The van der Waals surface area contributed by atoms with Gasteiger partial charge in [0.25, 0.3) is 0 Å². The van der Waals surface area contributed by atoms with Crippen LogP contribution in [0.15, 0.2) is 24.3 Å². The number of ether oxygens (including phenoxy) is 2. The quantitative estimate of drug-likeness (QED) is 0.439. The van der Waals surface area contributed by atoms with E-state index in [1.165, 1.54) is 14.2 Å². The molecule has 1 atom stereocenters. The molecule has 0 radical (unpaired) electrons. The van der Waals surface area contributed by atoms with E-state index < -0.39 is 17.4 Å². The van der Waals surface area contributed by atoms with Gasteiger partial charge in [-0.25, -0.2) is 0 Å². The average molecular weight is 252 g/mol. The van der Waals surface area contributed by atoms with Crippen molar-refractivity contribution in [1.29, 1.82) is 0 Å². The summed E-state index contributed by atoms with van der Waals surface area (Å²) in [5.41, 5.74) is -0.612. The van der Waals surface area contributed by atoms with Crippen molar-refractivity contribution in [3.8, 4) is 0 Å². The molecule has 1 fully saturated rings. The monoisotopic (exact) mass is 252 g/mol. The summed E-state index contributed by atoms with van der Waals surface area (Å²) in [6.07, 6.45) is 4.36. The van der Waals surface area contributed by atoms with Gasteiger partial charge in [0, 0.05) is 5.41 Å². The van der Waals surface area contributed by atoms with Crippen molar-refractivity contribution in [2.45, 2.75) is 26.7 Å². The maximum absolute atomic E-state index is 12.0. The highest BCUT2D eigenvalue weighted by molar-refractivity contribution is 6.01. The molecule has 0 aromatic rings. The third kappa shape index (κ3) is 1.96. The number of carbonyl (C=O) groups excluding carboxylic acids is 2. The minimum absolute atomic E-state index is 0.325. The van der Waals surface area contributed by atoms with Crippen LogP contribution in [0.5, 0.6) is 0 Å². The van der Waals surface area contributed by atoms with Crippen molar-refractivity contribution in [2.24, 2.45) is 10.8 Å². The van der Waals surface area contributed by atoms with Crippen LogP contribution in [0.3, 0.4) is 0 Å². The van der Waals surface area contributed by atoms with Gasteiger partial charge < -0.3 is 9.47 Å². The molecule has 0 heterocycles. The van der Waals surface area contributed by atoms with Gasteiger partial charge in [-0.3, -0.25) is 9.59 Å². The number of esters is 2. The fraction of sp³-hybridized carbons (Fsp3) is 0.571. The van der Waals surface area contributed by atoms with E-state index in [4.69, 9.17) is 9.47 Å². The van der Waals surface area contributed by atoms with Crippen LogP contribution in [0.2, 0.25) is 0 Å². The second-order valence-corrected chi connectivity index (χ2v) is 4.85. The van der Waals surface area contributed by atoms with E-state index >= 15 is 0 Å². The lowest BCUT2D eigenvalue weighted by Gasteiger charge is -2.25. The average Bonchev–Trinajstić information content (AvgIpc) is 2.72. The summed E-state index contributed by atoms with van der Waals surface area (Å²) in [7, 11) is 2.57. The molecule has 1 saturated carbocycles. The Labute approximate surface area is 108 Å². The smallest absolute Gasteiger partial charge is 0.323 e. The van der Waals surface area contributed by atoms with Crippen molar-refractivity contribution in [2.75, 3.05) is 14.2 Å². The van der Waals surface area contributed by atoms with Gasteiger partial charge in [0.1, 0.15) is 0 Å².